The molecule has 1 aromatic carbocycles. The molecule has 3 amide bonds. The van der Waals surface area contributed by atoms with E-state index in [1.54, 1.807) is 26.1 Å². The number of para-hydroxylation sites is 1. The standard InChI is InChI=1S/C15H18N4O2/c1-15(2,13(16)20)9-18-14(21)19-11-7-3-5-10-6-4-8-17-12(10)11/h3-8H,9H2,1-2H3,(H2,16,20)(H2,18,19,21). The first kappa shape index (κ1) is 14.8. The van der Waals surface area contributed by atoms with Crippen molar-refractivity contribution < 1.29 is 9.59 Å². The van der Waals surface area contributed by atoms with Gasteiger partial charge in [0.05, 0.1) is 16.6 Å². The molecule has 2 aromatic rings. The van der Waals surface area contributed by atoms with Crippen molar-refractivity contribution in [2.45, 2.75) is 13.8 Å². The Morgan fingerprint density at radius 2 is 1.95 bits per heavy atom. The average molecular weight is 286 g/mol. The number of amides is 3. The molecule has 0 saturated carbocycles. The molecule has 0 atom stereocenters. The van der Waals surface area contributed by atoms with Crippen LogP contribution >= 0.6 is 0 Å². The highest BCUT2D eigenvalue weighted by atomic mass is 16.2. The van der Waals surface area contributed by atoms with Crippen LogP contribution in [-0.2, 0) is 4.79 Å². The fourth-order valence-corrected chi connectivity index (χ4v) is 1.76. The van der Waals surface area contributed by atoms with Gasteiger partial charge in [-0.25, -0.2) is 4.79 Å². The maximum absolute atomic E-state index is 11.9. The molecule has 2 rings (SSSR count). The minimum absolute atomic E-state index is 0.159. The Labute approximate surface area is 122 Å². The largest absolute Gasteiger partial charge is 0.369 e. The first-order chi connectivity index (χ1) is 9.90. The summed E-state index contributed by atoms with van der Waals surface area (Å²) < 4.78 is 0. The summed E-state index contributed by atoms with van der Waals surface area (Å²) in [5.41, 5.74) is 5.79. The molecule has 1 heterocycles. The van der Waals surface area contributed by atoms with Gasteiger partial charge in [0.15, 0.2) is 0 Å². The number of nitrogens with two attached hydrogens (primary N) is 1. The van der Waals surface area contributed by atoms with E-state index in [-0.39, 0.29) is 6.54 Å². The number of nitrogens with zero attached hydrogens (tertiary/aromatic N) is 1. The third-order valence-electron chi connectivity index (χ3n) is 3.24. The van der Waals surface area contributed by atoms with Crippen LogP contribution in [0.15, 0.2) is 36.5 Å². The number of hydrogen-bond donors (Lipinski definition) is 3. The van der Waals surface area contributed by atoms with E-state index in [1.807, 2.05) is 24.3 Å². The number of fused-ring (bicyclic) bond motifs is 1. The Kier molecular flexibility index (Phi) is 4.07. The zero-order valence-corrected chi connectivity index (χ0v) is 12.0. The van der Waals surface area contributed by atoms with E-state index in [1.165, 1.54) is 0 Å². The van der Waals surface area contributed by atoms with Crippen molar-refractivity contribution in [1.29, 1.82) is 0 Å². The van der Waals surface area contributed by atoms with Crippen LogP contribution in [0.5, 0.6) is 0 Å². The second kappa shape index (κ2) is 5.78. The third-order valence-corrected chi connectivity index (χ3v) is 3.24. The molecule has 0 bridgehead atoms. The quantitative estimate of drug-likeness (QED) is 0.800. The van der Waals surface area contributed by atoms with Gasteiger partial charge in [0.25, 0.3) is 0 Å². The van der Waals surface area contributed by atoms with Crippen molar-refractivity contribution in [3.63, 3.8) is 0 Å². The van der Waals surface area contributed by atoms with Crippen molar-refractivity contribution in [3.8, 4) is 0 Å². The lowest BCUT2D eigenvalue weighted by molar-refractivity contribution is -0.125. The summed E-state index contributed by atoms with van der Waals surface area (Å²) in [6, 6.07) is 8.88. The number of carbonyl (C=O) groups is 2. The van der Waals surface area contributed by atoms with Crippen LogP contribution < -0.4 is 16.4 Å². The van der Waals surface area contributed by atoms with Gasteiger partial charge in [-0.3, -0.25) is 9.78 Å². The van der Waals surface area contributed by atoms with Crippen molar-refractivity contribution in [3.05, 3.63) is 36.5 Å². The van der Waals surface area contributed by atoms with Gasteiger partial charge >= 0.3 is 6.03 Å². The summed E-state index contributed by atoms with van der Waals surface area (Å²) in [6.45, 7) is 3.51. The van der Waals surface area contributed by atoms with E-state index < -0.39 is 17.4 Å². The van der Waals surface area contributed by atoms with E-state index >= 15 is 0 Å². The lowest BCUT2D eigenvalue weighted by Crippen LogP contribution is -2.43. The predicted octanol–water partition coefficient (Wildman–Crippen LogP) is 1.87. The molecule has 6 nitrogen and oxygen atoms in total. The third kappa shape index (κ3) is 3.47. The van der Waals surface area contributed by atoms with Gasteiger partial charge in [0.1, 0.15) is 0 Å². The number of pyridine rings is 1. The highest BCUT2D eigenvalue weighted by Crippen LogP contribution is 2.20. The molecule has 1 aromatic heterocycles. The lowest BCUT2D eigenvalue weighted by atomic mass is 9.93. The summed E-state index contributed by atoms with van der Waals surface area (Å²) in [6.07, 6.45) is 1.67. The molecule has 0 aliphatic rings. The number of hydrogen-bond acceptors (Lipinski definition) is 3. The zero-order chi connectivity index (χ0) is 15.5. The minimum atomic E-state index is -0.797. The van der Waals surface area contributed by atoms with E-state index in [0.29, 0.717) is 11.2 Å². The predicted molar refractivity (Wildman–Crippen MR) is 81.7 cm³/mol. The molecule has 0 aliphatic heterocycles. The Hall–Kier alpha value is -2.63. The molecule has 0 fully saturated rings. The van der Waals surface area contributed by atoms with Gasteiger partial charge in [-0.15, -0.1) is 0 Å². The summed E-state index contributed by atoms with van der Waals surface area (Å²) in [7, 11) is 0. The maximum Gasteiger partial charge on any atom is 0.319 e. The van der Waals surface area contributed by atoms with Gasteiger partial charge in [-0.2, -0.15) is 0 Å². The smallest absolute Gasteiger partial charge is 0.319 e. The number of rotatable bonds is 4. The molecule has 0 radical (unpaired) electrons. The van der Waals surface area contributed by atoms with Crippen molar-refractivity contribution in [1.82, 2.24) is 10.3 Å². The van der Waals surface area contributed by atoms with Gasteiger partial charge < -0.3 is 16.4 Å². The molecular formula is C15H18N4O2. The topological polar surface area (TPSA) is 97.1 Å². The van der Waals surface area contributed by atoms with Gasteiger partial charge in [0.2, 0.25) is 5.91 Å². The minimum Gasteiger partial charge on any atom is -0.369 e. The summed E-state index contributed by atoms with van der Waals surface area (Å²) in [5.74, 6) is -0.463. The molecular weight excluding hydrogens is 268 g/mol. The number of carbonyl (C=O) groups excluding carboxylic acids is 2. The normalized spacial score (nSPS) is 11.1. The second-order valence-electron chi connectivity index (χ2n) is 5.44. The Morgan fingerprint density at radius 1 is 1.24 bits per heavy atom. The molecule has 4 N–H and O–H groups in total. The lowest BCUT2D eigenvalue weighted by Gasteiger charge is -2.20. The summed E-state index contributed by atoms with van der Waals surface area (Å²) in [4.78, 5) is 27.4. The maximum atomic E-state index is 11.9. The monoisotopic (exact) mass is 286 g/mol. The number of anilines is 1. The fraction of sp³-hybridized carbons (Fsp3) is 0.267. The molecule has 0 unspecified atom stereocenters. The van der Waals surface area contributed by atoms with Crippen LogP contribution in [0.2, 0.25) is 0 Å². The molecule has 0 spiro atoms. The van der Waals surface area contributed by atoms with E-state index in [9.17, 15) is 9.59 Å². The number of urea groups is 1. The number of aromatic nitrogens is 1. The first-order valence-corrected chi connectivity index (χ1v) is 6.59. The number of benzene rings is 1. The van der Waals surface area contributed by atoms with E-state index in [4.69, 9.17) is 5.73 Å². The fourth-order valence-electron chi connectivity index (χ4n) is 1.76. The summed E-state index contributed by atoms with van der Waals surface area (Å²) in [5, 5.41) is 6.31. The number of primary amides is 1. The number of nitrogens with one attached hydrogen (secondary N) is 2. The zero-order valence-electron chi connectivity index (χ0n) is 12.0. The van der Waals surface area contributed by atoms with Gasteiger partial charge in [-0.1, -0.05) is 18.2 Å². The molecule has 6 heteroatoms. The van der Waals surface area contributed by atoms with E-state index in [2.05, 4.69) is 15.6 Å². The van der Waals surface area contributed by atoms with Crippen LogP contribution in [0.25, 0.3) is 10.9 Å². The average Bonchev–Trinajstić information content (AvgIpc) is 2.45. The molecule has 110 valence electrons. The van der Waals surface area contributed by atoms with E-state index in [0.717, 1.165) is 5.39 Å². The first-order valence-electron chi connectivity index (χ1n) is 6.59. The van der Waals surface area contributed by atoms with Crippen LogP contribution in [0.4, 0.5) is 10.5 Å². The van der Waals surface area contributed by atoms with Crippen molar-refractivity contribution in [2.24, 2.45) is 11.1 Å². The SMILES string of the molecule is CC(C)(CNC(=O)Nc1cccc2cccnc12)C(N)=O. The molecule has 0 saturated heterocycles. The van der Waals surface area contributed by atoms with Crippen molar-refractivity contribution >= 4 is 28.5 Å². The van der Waals surface area contributed by atoms with Crippen molar-refractivity contribution in [2.75, 3.05) is 11.9 Å². The summed E-state index contributed by atoms with van der Waals surface area (Å²) >= 11 is 0. The Balaban J connectivity index is 2.07. The highest BCUT2D eigenvalue weighted by molar-refractivity contribution is 5.99. The Morgan fingerprint density at radius 3 is 2.67 bits per heavy atom. The van der Waals surface area contributed by atoms with Crippen LogP contribution in [0, 0.1) is 5.41 Å². The second-order valence-corrected chi connectivity index (χ2v) is 5.44. The van der Waals surface area contributed by atoms with Gasteiger partial charge in [0, 0.05) is 18.1 Å². The van der Waals surface area contributed by atoms with Crippen LogP contribution in [0.3, 0.4) is 0 Å². The van der Waals surface area contributed by atoms with Crippen LogP contribution in [0.1, 0.15) is 13.8 Å². The van der Waals surface area contributed by atoms with Crippen LogP contribution in [-0.4, -0.2) is 23.5 Å². The Bertz CT molecular complexity index is 677. The highest BCUT2D eigenvalue weighted by Gasteiger charge is 2.25. The molecule has 0 aliphatic carbocycles. The van der Waals surface area contributed by atoms with Gasteiger partial charge in [-0.05, 0) is 26.0 Å². The molecule has 21 heavy (non-hydrogen) atoms.